The highest BCUT2D eigenvalue weighted by molar-refractivity contribution is 9.11. The Labute approximate surface area is 143 Å². The van der Waals surface area contributed by atoms with Crippen molar-refractivity contribution in [3.63, 3.8) is 0 Å². The number of hydrogen-bond acceptors (Lipinski definition) is 1. The molecular formula is C20H25BrO. The lowest BCUT2D eigenvalue weighted by Gasteiger charge is -2.21. The first-order chi connectivity index (χ1) is 10.7. The molecule has 2 aliphatic carbocycles. The van der Waals surface area contributed by atoms with Gasteiger partial charge in [0.2, 0.25) is 0 Å². The van der Waals surface area contributed by atoms with Gasteiger partial charge in [0, 0.05) is 12.0 Å². The Morgan fingerprint density at radius 2 is 2.09 bits per heavy atom. The molecule has 0 aromatic heterocycles. The van der Waals surface area contributed by atoms with Gasteiger partial charge in [-0.1, -0.05) is 48.6 Å². The predicted octanol–water partition coefficient (Wildman–Crippen LogP) is 6.52. The minimum atomic E-state index is 0.244. The van der Waals surface area contributed by atoms with Gasteiger partial charge >= 0.3 is 0 Å². The van der Waals surface area contributed by atoms with E-state index in [0.717, 1.165) is 35.1 Å². The highest BCUT2D eigenvalue weighted by atomic mass is 79.9. The second-order valence-corrected chi connectivity index (χ2v) is 6.62. The van der Waals surface area contributed by atoms with E-state index in [9.17, 15) is 0 Å². The van der Waals surface area contributed by atoms with Crippen LogP contribution in [-0.2, 0) is 4.74 Å². The highest BCUT2D eigenvalue weighted by Crippen LogP contribution is 2.30. The minimum Gasteiger partial charge on any atom is -0.488 e. The van der Waals surface area contributed by atoms with E-state index < -0.39 is 0 Å². The first kappa shape index (κ1) is 17.1. The summed E-state index contributed by atoms with van der Waals surface area (Å²) in [6.45, 7) is 6.30. The lowest BCUT2D eigenvalue weighted by Crippen LogP contribution is -2.13. The molecule has 0 heterocycles. The summed E-state index contributed by atoms with van der Waals surface area (Å²) in [6, 6.07) is 0. The zero-order chi connectivity index (χ0) is 15.8. The van der Waals surface area contributed by atoms with Gasteiger partial charge in [-0.2, -0.15) is 0 Å². The van der Waals surface area contributed by atoms with Crippen LogP contribution in [0.1, 0.15) is 45.4 Å². The van der Waals surface area contributed by atoms with E-state index >= 15 is 0 Å². The Balaban J connectivity index is 2.19. The molecule has 1 atom stereocenters. The molecule has 0 N–H and O–H groups in total. The molecule has 0 aromatic rings. The van der Waals surface area contributed by atoms with E-state index in [0.29, 0.717) is 0 Å². The third kappa shape index (κ3) is 5.17. The second kappa shape index (κ2) is 8.99. The Morgan fingerprint density at radius 3 is 2.91 bits per heavy atom. The van der Waals surface area contributed by atoms with Crippen molar-refractivity contribution in [2.75, 3.05) is 0 Å². The molecule has 0 spiro atoms. The third-order valence-electron chi connectivity index (χ3n) is 4.05. The van der Waals surface area contributed by atoms with E-state index in [2.05, 4.69) is 59.8 Å². The lowest BCUT2D eigenvalue weighted by molar-refractivity contribution is 0.116. The van der Waals surface area contributed by atoms with Crippen molar-refractivity contribution in [1.82, 2.24) is 0 Å². The number of rotatable bonds is 2. The van der Waals surface area contributed by atoms with Crippen LogP contribution in [0.25, 0.3) is 0 Å². The molecule has 1 saturated carbocycles. The van der Waals surface area contributed by atoms with Crippen LogP contribution in [0, 0.1) is 0 Å². The van der Waals surface area contributed by atoms with Gasteiger partial charge in [-0.05, 0) is 61.0 Å². The molecule has 118 valence electrons. The van der Waals surface area contributed by atoms with Gasteiger partial charge in [0.15, 0.2) is 0 Å². The van der Waals surface area contributed by atoms with Gasteiger partial charge < -0.3 is 4.74 Å². The molecule has 0 amide bonds. The summed E-state index contributed by atoms with van der Waals surface area (Å²) >= 11 is 3.65. The average molecular weight is 361 g/mol. The lowest BCUT2D eigenvalue weighted by atomic mass is 10.1. The van der Waals surface area contributed by atoms with Crippen LogP contribution < -0.4 is 0 Å². The average Bonchev–Trinajstić information content (AvgIpc) is 2.75. The fraction of sp³-hybridized carbons (Fsp3) is 0.400. The van der Waals surface area contributed by atoms with Crippen molar-refractivity contribution >= 4 is 15.9 Å². The van der Waals surface area contributed by atoms with Crippen molar-refractivity contribution in [1.29, 1.82) is 0 Å². The van der Waals surface area contributed by atoms with Crippen LogP contribution in [0.2, 0.25) is 0 Å². The summed E-state index contributed by atoms with van der Waals surface area (Å²) in [6.07, 6.45) is 21.7. The number of hydrogen-bond donors (Lipinski definition) is 0. The van der Waals surface area contributed by atoms with Crippen LogP contribution >= 0.6 is 15.9 Å². The standard InChI is InChI=1S/C20H25BrO/c1-3-17-12-9-10-13-18(15-17)22-20-16(2)11-7-5-4-6-8-14-19(20)21/h3-5,7-8,11,14,18H,2,6,9-10,12-13,15H2,1H3/b5-4-,11-7-,14-8-,17-3+,20-19-. The molecule has 1 fully saturated rings. The van der Waals surface area contributed by atoms with Gasteiger partial charge in [-0.25, -0.2) is 0 Å². The first-order valence-corrected chi connectivity index (χ1v) is 8.89. The Hall–Kier alpha value is -1.28. The normalized spacial score (nSPS) is 33.1. The summed E-state index contributed by atoms with van der Waals surface area (Å²) < 4.78 is 7.34. The Kier molecular flexibility index (Phi) is 6.98. The van der Waals surface area contributed by atoms with Crippen molar-refractivity contribution in [2.45, 2.75) is 51.6 Å². The van der Waals surface area contributed by atoms with E-state index in [1.165, 1.54) is 24.8 Å². The molecular weight excluding hydrogens is 336 g/mol. The fourth-order valence-corrected chi connectivity index (χ4v) is 3.30. The van der Waals surface area contributed by atoms with E-state index in [-0.39, 0.29) is 6.10 Å². The van der Waals surface area contributed by atoms with Crippen LogP contribution in [0.15, 0.2) is 70.5 Å². The Bertz CT molecular complexity index is 546. The molecule has 2 rings (SSSR count). The fourth-order valence-electron chi connectivity index (χ4n) is 2.77. The van der Waals surface area contributed by atoms with Gasteiger partial charge in [-0.15, -0.1) is 0 Å². The maximum atomic E-state index is 6.37. The molecule has 2 aliphatic rings. The SMILES string of the molecule is C=C1/C=C\C=C/C/C=C\C(Br)=C/1OC1CCCC/C(=C\C)C1. The second-order valence-electron chi connectivity index (χ2n) is 5.76. The van der Waals surface area contributed by atoms with Crippen molar-refractivity contribution in [2.24, 2.45) is 0 Å². The summed E-state index contributed by atoms with van der Waals surface area (Å²) in [5.41, 5.74) is 2.42. The topological polar surface area (TPSA) is 9.23 Å². The number of allylic oxidation sites excluding steroid dienone is 8. The first-order valence-electron chi connectivity index (χ1n) is 8.10. The van der Waals surface area contributed by atoms with Crippen molar-refractivity contribution in [3.05, 3.63) is 70.5 Å². The molecule has 22 heavy (non-hydrogen) atoms. The molecule has 0 saturated heterocycles. The van der Waals surface area contributed by atoms with E-state index in [1.807, 2.05) is 12.2 Å². The van der Waals surface area contributed by atoms with Gasteiger partial charge in [0.05, 0.1) is 4.48 Å². The maximum absolute atomic E-state index is 6.37. The molecule has 0 aliphatic heterocycles. The van der Waals surface area contributed by atoms with E-state index in [4.69, 9.17) is 4.74 Å². The van der Waals surface area contributed by atoms with Crippen LogP contribution in [0.4, 0.5) is 0 Å². The maximum Gasteiger partial charge on any atom is 0.140 e. The number of halogens is 1. The predicted molar refractivity (Wildman–Crippen MR) is 98.8 cm³/mol. The molecule has 1 unspecified atom stereocenters. The summed E-state index contributed by atoms with van der Waals surface area (Å²) in [5, 5.41) is 0. The number of ether oxygens (including phenoxy) is 1. The smallest absolute Gasteiger partial charge is 0.140 e. The van der Waals surface area contributed by atoms with Crippen molar-refractivity contribution in [3.8, 4) is 0 Å². The quantitative estimate of drug-likeness (QED) is 0.402. The molecule has 1 nitrogen and oxygen atoms in total. The summed E-state index contributed by atoms with van der Waals surface area (Å²) in [7, 11) is 0. The summed E-state index contributed by atoms with van der Waals surface area (Å²) in [4.78, 5) is 0. The molecule has 0 aromatic carbocycles. The van der Waals surface area contributed by atoms with Gasteiger partial charge in [-0.3, -0.25) is 0 Å². The van der Waals surface area contributed by atoms with Crippen LogP contribution in [0.5, 0.6) is 0 Å². The molecule has 0 radical (unpaired) electrons. The molecule has 0 bridgehead atoms. The summed E-state index contributed by atoms with van der Waals surface area (Å²) in [5.74, 6) is 0.866. The van der Waals surface area contributed by atoms with Crippen LogP contribution in [0.3, 0.4) is 0 Å². The van der Waals surface area contributed by atoms with Gasteiger partial charge in [0.25, 0.3) is 0 Å². The highest BCUT2D eigenvalue weighted by Gasteiger charge is 2.19. The third-order valence-corrected chi connectivity index (χ3v) is 4.67. The van der Waals surface area contributed by atoms with Crippen molar-refractivity contribution < 1.29 is 4.74 Å². The molecule has 2 heteroatoms. The van der Waals surface area contributed by atoms with Gasteiger partial charge in [0.1, 0.15) is 11.9 Å². The van der Waals surface area contributed by atoms with E-state index in [1.54, 1.807) is 0 Å². The zero-order valence-electron chi connectivity index (χ0n) is 13.4. The monoisotopic (exact) mass is 360 g/mol. The van der Waals surface area contributed by atoms with Crippen LogP contribution in [-0.4, -0.2) is 6.10 Å². The minimum absolute atomic E-state index is 0.244. The largest absolute Gasteiger partial charge is 0.488 e. The Morgan fingerprint density at radius 1 is 1.23 bits per heavy atom. The zero-order valence-corrected chi connectivity index (χ0v) is 14.9.